The van der Waals surface area contributed by atoms with Gasteiger partial charge in [-0.15, -0.1) is 10.2 Å². The Kier molecular flexibility index (Phi) is 3.56. The highest BCUT2D eigenvalue weighted by Gasteiger charge is 2.41. The van der Waals surface area contributed by atoms with Gasteiger partial charge in [-0.25, -0.2) is 9.37 Å². The molecule has 2 atom stereocenters. The highest BCUT2D eigenvalue weighted by Crippen LogP contribution is 2.52. The van der Waals surface area contributed by atoms with E-state index in [1.165, 1.54) is 12.3 Å². The molecule has 6 rings (SSSR count). The van der Waals surface area contributed by atoms with Gasteiger partial charge in [0, 0.05) is 23.7 Å². The second kappa shape index (κ2) is 6.19. The van der Waals surface area contributed by atoms with Gasteiger partial charge in [0.05, 0.1) is 24.0 Å². The third-order valence-electron chi connectivity index (χ3n) is 6.12. The fraction of sp³-hybridized carbons (Fsp3) is 0.286. The Morgan fingerprint density at radius 3 is 2.90 bits per heavy atom. The molecule has 150 valence electrons. The summed E-state index contributed by atoms with van der Waals surface area (Å²) in [7, 11) is 0. The third kappa shape index (κ3) is 2.47. The summed E-state index contributed by atoms with van der Waals surface area (Å²) in [6.07, 6.45) is 6.51. The van der Waals surface area contributed by atoms with E-state index < -0.39 is 5.91 Å². The lowest BCUT2D eigenvalue weighted by Gasteiger charge is -2.17. The van der Waals surface area contributed by atoms with Gasteiger partial charge in [0.25, 0.3) is 0 Å². The van der Waals surface area contributed by atoms with Crippen LogP contribution >= 0.6 is 0 Å². The Hall–Kier alpha value is -3.62. The van der Waals surface area contributed by atoms with Crippen LogP contribution in [-0.2, 0) is 11.2 Å². The molecular weight excluding hydrogens is 385 g/mol. The van der Waals surface area contributed by atoms with Gasteiger partial charge in [0.15, 0.2) is 5.65 Å². The highest BCUT2D eigenvalue weighted by molar-refractivity contribution is 5.79. The van der Waals surface area contributed by atoms with E-state index in [-0.39, 0.29) is 12.2 Å². The number of nitrogens with zero attached hydrogens (tertiary/aromatic N) is 6. The van der Waals surface area contributed by atoms with Crippen LogP contribution in [-0.4, -0.2) is 35.0 Å². The molecule has 9 heteroatoms. The molecule has 1 aliphatic heterocycles. The number of pyridine rings is 2. The van der Waals surface area contributed by atoms with Crippen LogP contribution in [0, 0.1) is 5.82 Å². The topological polar surface area (TPSA) is 104 Å². The second-order valence-corrected chi connectivity index (χ2v) is 7.97. The number of hydrogen-bond acceptors (Lipinski definition) is 5. The molecule has 2 N–H and O–H groups in total. The summed E-state index contributed by atoms with van der Waals surface area (Å²) in [6, 6.07) is 7.31. The molecule has 5 heterocycles. The normalized spacial score (nSPS) is 19.5. The Morgan fingerprint density at radius 1 is 1.20 bits per heavy atom. The number of carbonyl (C=O) groups is 1. The monoisotopic (exact) mass is 403 g/mol. The fourth-order valence-corrected chi connectivity index (χ4v) is 4.86. The van der Waals surface area contributed by atoms with Crippen molar-refractivity contribution >= 4 is 11.6 Å². The molecule has 1 saturated carbocycles. The molecule has 2 aliphatic rings. The van der Waals surface area contributed by atoms with E-state index in [2.05, 4.69) is 19.7 Å². The predicted molar refractivity (Wildman–Crippen MR) is 106 cm³/mol. The summed E-state index contributed by atoms with van der Waals surface area (Å²) < 4.78 is 17.6. The first-order chi connectivity index (χ1) is 14.6. The van der Waals surface area contributed by atoms with Crippen molar-refractivity contribution in [3.8, 4) is 22.6 Å². The highest BCUT2D eigenvalue weighted by atomic mass is 19.1. The van der Waals surface area contributed by atoms with Crippen molar-refractivity contribution in [2.75, 3.05) is 0 Å². The molecule has 0 spiro atoms. The number of rotatable bonds is 4. The van der Waals surface area contributed by atoms with Gasteiger partial charge >= 0.3 is 0 Å². The Bertz CT molecular complexity index is 1310. The van der Waals surface area contributed by atoms with Crippen LogP contribution in [0.15, 0.2) is 36.7 Å². The van der Waals surface area contributed by atoms with Crippen molar-refractivity contribution in [1.82, 2.24) is 29.1 Å². The van der Waals surface area contributed by atoms with Crippen molar-refractivity contribution in [1.29, 1.82) is 0 Å². The first-order valence-corrected chi connectivity index (χ1v) is 9.95. The molecule has 0 unspecified atom stereocenters. The first-order valence-electron chi connectivity index (χ1n) is 9.95. The molecule has 0 radical (unpaired) electrons. The van der Waals surface area contributed by atoms with E-state index in [1.54, 1.807) is 10.5 Å². The number of hydrogen-bond donors (Lipinski definition) is 1. The number of imidazole rings is 1. The predicted octanol–water partition coefficient (Wildman–Crippen LogP) is 2.64. The van der Waals surface area contributed by atoms with Crippen molar-refractivity contribution < 1.29 is 9.18 Å². The molecule has 0 aromatic carbocycles. The number of carbonyl (C=O) groups excluding carboxylic acids is 1. The zero-order valence-electron chi connectivity index (χ0n) is 16.0. The van der Waals surface area contributed by atoms with Gasteiger partial charge in [0.2, 0.25) is 5.91 Å². The molecule has 4 aromatic rings. The maximum Gasteiger partial charge on any atom is 0.225 e. The summed E-state index contributed by atoms with van der Waals surface area (Å²) >= 11 is 0. The molecular formula is C21H18FN7O. The van der Waals surface area contributed by atoms with E-state index in [1.807, 2.05) is 18.3 Å². The summed E-state index contributed by atoms with van der Waals surface area (Å²) in [5, 5.41) is 8.22. The van der Waals surface area contributed by atoms with Crippen LogP contribution in [0.4, 0.5) is 4.39 Å². The fourth-order valence-electron chi connectivity index (χ4n) is 4.86. The summed E-state index contributed by atoms with van der Waals surface area (Å²) in [5.41, 5.74) is 9.25. The zero-order valence-corrected chi connectivity index (χ0v) is 16.0. The number of fused-ring (bicyclic) bond motifs is 6. The van der Waals surface area contributed by atoms with Crippen LogP contribution in [0.2, 0.25) is 0 Å². The molecule has 2 bridgehead atoms. The van der Waals surface area contributed by atoms with Gasteiger partial charge in [-0.2, -0.15) is 0 Å². The van der Waals surface area contributed by atoms with Crippen molar-refractivity contribution in [3.63, 3.8) is 0 Å². The second-order valence-electron chi connectivity index (χ2n) is 7.97. The number of primary amides is 1. The Morgan fingerprint density at radius 2 is 2.10 bits per heavy atom. The zero-order chi connectivity index (χ0) is 20.4. The molecule has 1 amide bonds. The maximum atomic E-state index is 13.5. The maximum absolute atomic E-state index is 13.5. The Labute approximate surface area is 170 Å². The van der Waals surface area contributed by atoms with Gasteiger partial charge in [-0.05, 0) is 43.5 Å². The molecule has 30 heavy (non-hydrogen) atoms. The SMILES string of the molecule is NC(=O)Cc1nnc2ccc(-c3c(-c4ccc(F)cn4)nc4n3[C@H]3CC[C@@H]4C3)cn12. The lowest BCUT2D eigenvalue weighted by molar-refractivity contribution is -0.117. The molecule has 8 nitrogen and oxygen atoms in total. The minimum Gasteiger partial charge on any atom is -0.369 e. The lowest BCUT2D eigenvalue weighted by atomic mass is 10.1. The van der Waals surface area contributed by atoms with Gasteiger partial charge in [-0.3, -0.25) is 14.2 Å². The molecule has 4 aromatic heterocycles. The standard InChI is InChI=1S/C21H18FN7O/c22-13-3-5-15(24-9-13)19-20(29-14-4-1-11(7-14)21(29)25-19)12-2-6-17-26-27-18(8-16(23)30)28(17)10-12/h2-3,5-6,9-11,14H,1,4,7-8H2,(H2,23,30)/t11-,14+/m1/s1. The smallest absolute Gasteiger partial charge is 0.225 e. The minimum atomic E-state index is -0.464. The van der Waals surface area contributed by atoms with Gasteiger partial charge in [-0.1, -0.05) is 0 Å². The van der Waals surface area contributed by atoms with E-state index in [0.29, 0.717) is 29.1 Å². The first kappa shape index (κ1) is 17.3. The third-order valence-corrected chi connectivity index (χ3v) is 6.12. The molecule has 1 aliphatic carbocycles. The number of amides is 1. The van der Waals surface area contributed by atoms with Crippen LogP contribution in [0.1, 0.15) is 42.9 Å². The summed E-state index contributed by atoms with van der Waals surface area (Å²) in [4.78, 5) is 20.7. The average molecular weight is 403 g/mol. The van der Waals surface area contributed by atoms with Gasteiger partial charge < -0.3 is 10.3 Å². The van der Waals surface area contributed by atoms with Crippen molar-refractivity contribution in [2.24, 2.45) is 5.73 Å². The van der Waals surface area contributed by atoms with Crippen LogP contribution in [0.25, 0.3) is 28.3 Å². The molecule has 0 saturated heterocycles. The number of halogens is 1. The van der Waals surface area contributed by atoms with Crippen molar-refractivity contribution in [2.45, 2.75) is 37.6 Å². The number of nitrogens with two attached hydrogens (primary N) is 1. The van der Waals surface area contributed by atoms with E-state index in [4.69, 9.17) is 10.7 Å². The van der Waals surface area contributed by atoms with E-state index >= 15 is 0 Å². The van der Waals surface area contributed by atoms with Gasteiger partial charge in [0.1, 0.15) is 23.2 Å². The summed E-state index contributed by atoms with van der Waals surface area (Å²) in [6.45, 7) is 0. The largest absolute Gasteiger partial charge is 0.369 e. The van der Waals surface area contributed by atoms with Crippen LogP contribution in [0.5, 0.6) is 0 Å². The van der Waals surface area contributed by atoms with Crippen LogP contribution < -0.4 is 5.73 Å². The minimum absolute atomic E-state index is 0.00616. The average Bonchev–Trinajstić information content (AvgIpc) is 3.49. The number of aromatic nitrogens is 6. The Balaban J connectivity index is 1.58. The summed E-state index contributed by atoms with van der Waals surface area (Å²) in [5.74, 6) is 1.17. The van der Waals surface area contributed by atoms with Crippen molar-refractivity contribution in [3.05, 3.63) is 54.1 Å². The van der Waals surface area contributed by atoms with E-state index in [0.717, 1.165) is 42.0 Å². The molecule has 1 fully saturated rings. The van der Waals surface area contributed by atoms with Crippen LogP contribution in [0.3, 0.4) is 0 Å². The quantitative estimate of drug-likeness (QED) is 0.564. The lowest BCUT2D eigenvalue weighted by Crippen LogP contribution is -2.15. The van der Waals surface area contributed by atoms with E-state index in [9.17, 15) is 9.18 Å².